The number of hydrogen-bond acceptors (Lipinski definition) is 6. The lowest BCUT2D eigenvalue weighted by Crippen LogP contribution is -2.58. The Hall–Kier alpha value is -3.17. The van der Waals surface area contributed by atoms with Crippen LogP contribution in [0.15, 0.2) is 49.6 Å². The highest BCUT2D eigenvalue weighted by atomic mass is 16.5. The van der Waals surface area contributed by atoms with Gasteiger partial charge in [0.25, 0.3) is 0 Å². The quantitative estimate of drug-likeness (QED) is 0.222. The topological polar surface area (TPSA) is 99.6 Å². The average Bonchev–Trinajstić information content (AvgIpc) is 3.66. The normalized spacial score (nSPS) is 29.0. The minimum Gasteiger partial charge on any atom is -0.494 e. The Kier molecular flexibility index (Phi) is 10.4. The molecule has 2 unspecified atom stereocenters. The van der Waals surface area contributed by atoms with Crippen LogP contribution in [0.25, 0.3) is 0 Å². The lowest BCUT2D eigenvalue weighted by atomic mass is 9.64. The molecule has 3 heterocycles. The van der Waals surface area contributed by atoms with Gasteiger partial charge in [-0.15, -0.1) is 13.2 Å². The number of ether oxygens (including phenoxy) is 2. The molecule has 1 aromatic rings. The van der Waals surface area contributed by atoms with Crippen LogP contribution in [0.4, 0.5) is 5.69 Å². The fourth-order valence-electron chi connectivity index (χ4n) is 8.62. The van der Waals surface area contributed by atoms with E-state index < -0.39 is 29.1 Å². The lowest BCUT2D eigenvalue weighted by molar-refractivity contribution is -0.154. The van der Waals surface area contributed by atoms with Gasteiger partial charge in [-0.05, 0) is 76.1 Å². The molecule has 45 heavy (non-hydrogen) atoms. The van der Waals surface area contributed by atoms with Crippen molar-refractivity contribution in [2.24, 2.45) is 11.8 Å². The zero-order chi connectivity index (χ0) is 32.2. The summed E-state index contributed by atoms with van der Waals surface area (Å²) in [6.07, 6.45) is 11.4. The van der Waals surface area contributed by atoms with Gasteiger partial charge in [0.15, 0.2) is 0 Å². The summed E-state index contributed by atoms with van der Waals surface area (Å²) in [6, 6.07) is 6.67. The number of carbonyl (C=O) groups is 3. The second-order valence-corrected chi connectivity index (χ2v) is 13.0. The molecule has 5 rings (SSSR count). The van der Waals surface area contributed by atoms with E-state index in [0.29, 0.717) is 63.2 Å². The number of anilines is 1. The summed E-state index contributed by atoms with van der Waals surface area (Å²) < 4.78 is 12.7. The molecular formula is C36H51N3O6. The minimum atomic E-state index is -1.09. The van der Waals surface area contributed by atoms with Crippen molar-refractivity contribution in [2.75, 3.05) is 37.7 Å². The zero-order valence-electron chi connectivity index (χ0n) is 27.1. The van der Waals surface area contributed by atoms with Crippen LogP contribution in [0, 0.1) is 11.8 Å². The van der Waals surface area contributed by atoms with Crippen molar-refractivity contribution < 1.29 is 29.0 Å². The number of likely N-dealkylation sites (tertiary alicyclic amines) is 1. The third-order valence-electron chi connectivity index (χ3n) is 10.6. The number of hydrogen-bond donors (Lipinski definition) is 1. The Morgan fingerprint density at radius 3 is 2.38 bits per heavy atom. The number of aliphatic hydroxyl groups is 1. The highest BCUT2D eigenvalue weighted by Gasteiger charge is 2.79. The number of rotatable bonds is 15. The van der Waals surface area contributed by atoms with E-state index in [0.717, 1.165) is 32.1 Å². The lowest BCUT2D eigenvalue weighted by Gasteiger charge is -2.41. The van der Waals surface area contributed by atoms with Gasteiger partial charge in [0.05, 0.1) is 24.0 Å². The Morgan fingerprint density at radius 1 is 1.04 bits per heavy atom. The summed E-state index contributed by atoms with van der Waals surface area (Å²) in [5.41, 5.74) is -1.23. The maximum atomic E-state index is 14.8. The molecule has 1 saturated carbocycles. The van der Waals surface area contributed by atoms with Gasteiger partial charge in [0, 0.05) is 38.0 Å². The van der Waals surface area contributed by atoms with Gasteiger partial charge >= 0.3 is 0 Å². The van der Waals surface area contributed by atoms with Crippen molar-refractivity contribution in [1.82, 2.24) is 9.80 Å². The summed E-state index contributed by atoms with van der Waals surface area (Å²) in [5.74, 6) is -1.26. The van der Waals surface area contributed by atoms with E-state index in [1.54, 1.807) is 22.0 Å². The largest absolute Gasteiger partial charge is 0.494 e. The molecule has 1 aliphatic carbocycles. The molecule has 246 valence electrons. The van der Waals surface area contributed by atoms with Crippen molar-refractivity contribution in [2.45, 2.75) is 101 Å². The molecule has 9 heteroatoms. The van der Waals surface area contributed by atoms with Crippen LogP contribution in [0.1, 0.15) is 78.1 Å². The monoisotopic (exact) mass is 621 g/mol. The van der Waals surface area contributed by atoms with Crippen LogP contribution in [-0.4, -0.2) is 88.8 Å². The molecule has 4 aliphatic rings. The van der Waals surface area contributed by atoms with Crippen molar-refractivity contribution in [3.05, 3.63) is 49.6 Å². The van der Waals surface area contributed by atoms with Crippen LogP contribution in [0.3, 0.4) is 0 Å². The second-order valence-electron chi connectivity index (χ2n) is 13.0. The maximum Gasteiger partial charge on any atom is 0.248 e. The summed E-state index contributed by atoms with van der Waals surface area (Å²) in [6.45, 7) is 13.4. The van der Waals surface area contributed by atoms with E-state index in [2.05, 4.69) is 13.2 Å². The first-order valence-corrected chi connectivity index (χ1v) is 17.0. The first-order valence-electron chi connectivity index (χ1n) is 17.0. The van der Waals surface area contributed by atoms with Crippen molar-refractivity contribution in [3.8, 4) is 5.75 Å². The van der Waals surface area contributed by atoms with E-state index in [4.69, 9.17) is 9.47 Å². The summed E-state index contributed by atoms with van der Waals surface area (Å²) in [7, 11) is 0. The number of nitrogens with zero attached hydrogens (tertiary/aromatic N) is 3. The van der Waals surface area contributed by atoms with Crippen molar-refractivity contribution >= 4 is 23.4 Å². The summed E-state index contributed by atoms with van der Waals surface area (Å²) in [5, 5.41) is 9.54. The zero-order valence-corrected chi connectivity index (χ0v) is 27.1. The number of benzene rings is 1. The second kappa shape index (κ2) is 14.1. The van der Waals surface area contributed by atoms with Crippen LogP contribution in [-0.2, 0) is 19.1 Å². The standard InChI is InChI=1S/C36H51N3O6/c1-5-22-37(27-16-18-28(19-17-27)44-8-4)32(41)29-30-33(42)39(24-12-13-25-40)31(36(30)21-20-35(29,7-3)45-36)34(43)38(23-6-2)26-14-10-9-11-15-26/h5-6,16-19,26,29-31,40H,1-2,7-15,20-25H2,3-4H3/t29-,30+,31?,35+,36?/m1/s1. The molecule has 1 spiro atoms. The van der Waals surface area contributed by atoms with Gasteiger partial charge < -0.3 is 29.3 Å². The number of fused-ring (bicyclic) bond motifs is 1. The molecule has 1 aromatic carbocycles. The van der Waals surface area contributed by atoms with E-state index in [1.165, 1.54) is 0 Å². The first kappa shape index (κ1) is 33.2. The smallest absolute Gasteiger partial charge is 0.248 e. The summed E-state index contributed by atoms with van der Waals surface area (Å²) in [4.78, 5) is 49.5. The average molecular weight is 622 g/mol. The van der Waals surface area contributed by atoms with Gasteiger partial charge in [0.2, 0.25) is 17.7 Å². The van der Waals surface area contributed by atoms with Gasteiger partial charge in [0.1, 0.15) is 17.4 Å². The molecule has 3 aliphatic heterocycles. The highest BCUT2D eigenvalue weighted by molar-refractivity contribution is 6.03. The molecule has 5 atom stereocenters. The van der Waals surface area contributed by atoms with Crippen LogP contribution in [0.2, 0.25) is 0 Å². The fraction of sp³-hybridized carbons (Fsp3) is 0.639. The third kappa shape index (κ3) is 5.82. The van der Waals surface area contributed by atoms with Crippen LogP contribution < -0.4 is 9.64 Å². The Morgan fingerprint density at radius 2 is 1.76 bits per heavy atom. The molecule has 0 aromatic heterocycles. The number of carbonyl (C=O) groups excluding carboxylic acids is 3. The Balaban J connectivity index is 1.55. The summed E-state index contributed by atoms with van der Waals surface area (Å²) >= 11 is 0. The van der Waals surface area contributed by atoms with Gasteiger partial charge in [-0.3, -0.25) is 14.4 Å². The number of aliphatic hydroxyl groups excluding tert-OH is 1. The molecular weight excluding hydrogens is 570 g/mol. The molecule has 3 saturated heterocycles. The number of amides is 3. The Bertz CT molecular complexity index is 1250. The van der Waals surface area contributed by atoms with Gasteiger partial charge in [-0.1, -0.05) is 38.3 Å². The third-order valence-corrected chi connectivity index (χ3v) is 10.6. The first-order chi connectivity index (χ1) is 21.8. The fourth-order valence-corrected chi connectivity index (χ4v) is 8.62. The molecule has 3 amide bonds. The predicted octanol–water partition coefficient (Wildman–Crippen LogP) is 4.88. The molecule has 0 radical (unpaired) electrons. The van der Waals surface area contributed by atoms with E-state index >= 15 is 0 Å². The number of unbranched alkanes of at least 4 members (excludes halogenated alkanes) is 1. The molecule has 2 bridgehead atoms. The SMILES string of the molecule is C=CCN(C(=O)[C@H]1[C@H]2C(=O)N(CCCCO)C(C(=O)N(CC=C)C3CCCCC3)C23CC[C@]1(CC)O3)c1ccc(OCC)cc1. The minimum absolute atomic E-state index is 0.00896. The highest BCUT2D eigenvalue weighted by Crippen LogP contribution is 2.65. The van der Waals surface area contributed by atoms with Gasteiger partial charge in [-0.25, -0.2) is 0 Å². The molecule has 1 N–H and O–H groups in total. The van der Waals surface area contributed by atoms with Crippen molar-refractivity contribution in [3.63, 3.8) is 0 Å². The Labute approximate surface area is 268 Å². The van der Waals surface area contributed by atoms with E-state index in [9.17, 15) is 19.5 Å². The molecule has 4 fully saturated rings. The van der Waals surface area contributed by atoms with E-state index in [-0.39, 0.29) is 36.9 Å². The van der Waals surface area contributed by atoms with Crippen LogP contribution in [0.5, 0.6) is 5.75 Å². The molecule has 9 nitrogen and oxygen atoms in total. The predicted molar refractivity (Wildman–Crippen MR) is 174 cm³/mol. The van der Waals surface area contributed by atoms with Crippen LogP contribution >= 0.6 is 0 Å². The maximum absolute atomic E-state index is 14.8. The van der Waals surface area contributed by atoms with Crippen molar-refractivity contribution in [1.29, 1.82) is 0 Å². The van der Waals surface area contributed by atoms with E-state index in [1.807, 2.05) is 43.0 Å². The van der Waals surface area contributed by atoms with Gasteiger partial charge in [-0.2, -0.15) is 0 Å².